The topological polar surface area (TPSA) is 119 Å². The highest BCUT2D eigenvalue weighted by Crippen LogP contribution is 2.39. The van der Waals surface area contributed by atoms with E-state index in [-0.39, 0.29) is 37.2 Å². The first-order valence-electron chi connectivity index (χ1n) is 11.4. The summed E-state index contributed by atoms with van der Waals surface area (Å²) in [5, 5.41) is 4.60. The Morgan fingerprint density at radius 3 is 2.56 bits per heavy atom. The van der Waals surface area contributed by atoms with Gasteiger partial charge in [0, 0.05) is 43.9 Å². The third kappa shape index (κ3) is 3.37. The van der Waals surface area contributed by atoms with Gasteiger partial charge in [-0.25, -0.2) is 4.79 Å². The zero-order valence-corrected chi connectivity index (χ0v) is 18.4. The van der Waals surface area contributed by atoms with Crippen molar-refractivity contribution in [1.29, 1.82) is 0 Å². The predicted octanol–water partition coefficient (Wildman–Crippen LogP) is 0.591. The minimum atomic E-state index is -1.48. The number of hydrogen-bond acceptors (Lipinski definition) is 7. The second-order valence-corrected chi connectivity index (χ2v) is 9.58. The predicted molar refractivity (Wildman–Crippen MR) is 118 cm³/mol. The van der Waals surface area contributed by atoms with Gasteiger partial charge in [-0.15, -0.1) is 0 Å². The second-order valence-electron chi connectivity index (χ2n) is 9.58. The van der Waals surface area contributed by atoms with Crippen LogP contribution in [-0.2, 0) is 22.6 Å². The van der Waals surface area contributed by atoms with E-state index >= 15 is 0 Å². The number of hydrogen-bond donors (Lipinski definition) is 2. The maximum atomic E-state index is 13.2. The summed E-state index contributed by atoms with van der Waals surface area (Å²) in [4.78, 5) is 52.8. The number of rotatable bonds is 4. The molecular weight excluding hydrogens is 440 g/mol. The van der Waals surface area contributed by atoms with Crippen molar-refractivity contribution in [3.05, 3.63) is 58.0 Å². The molecular formula is C24H24N4O6. The molecule has 0 unspecified atom stereocenters. The molecule has 1 aromatic carbocycles. The van der Waals surface area contributed by atoms with Crippen molar-refractivity contribution in [2.75, 3.05) is 26.4 Å². The maximum Gasteiger partial charge on any atom is 0.328 e. The zero-order chi connectivity index (χ0) is 23.4. The highest BCUT2D eigenvalue weighted by molar-refractivity contribution is 6.19. The van der Waals surface area contributed by atoms with Crippen LogP contribution >= 0.6 is 0 Å². The van der Waals surface area contributed by atoms with E-state index in [1.165, 1.54) is 0 Å². The number of nitrogens with zero attached hydrogens (tertiary/aromatic N) is 2. The number of fused-ring (bicyclic) bond motifs is 5. The molecule has 176 valence electrons. The maximum absolute atomic E-state index is 13.2. The van der Waals surface area contributed by atoms with Crippen LogP contribution in [0, 0.1) is 11.3 Å². The first kappa shape index (κ1) is 20.9. The van der Waals surface area contributed by atoms with Gasteiger partial charge >= 0.3 is 6.03 Å². The summed E-state index contributed by atoms with van der Waals surface area (Å²) < 4.78 is 12.7. The van der Waals surface area contributed by atoms with Gasteiger partial charge in [0.25, 0.3) is 5.56 Å². The van der Waals surface area contributed by atoms with Crippen LogP contribution in [0.2, 0.25) is 0 Å². The van der Waals surface area contributed by atoms with Crippen LogP contribution in [0.1, 0.15) is 23.6 Å². The van der Waals surface area contributed by atoms with E-state index in [4.69, 9.17) is 9.47 Å². The minimum Gasteiger partial charge on any atom is -0.454 e. The molecule has 0 radical (unpaired) electrons. The molecule has 5 heterocycles. The Morgan fingerprint density at radius 2 is 1.74 bits per heavy atom. The SMILES string of the molecule is O=C1NC(=O)C(Cc2ccc3c(c2)OCO3)(CN2C[C@H]3C[C@H](C2)c2cccc(=O)n2C3)C(=O)N1. The van der Waals surface area contributed by atoms with Crippen LogP contribution in [0.4, 0.5) is 4.79 Å². The number of barbiturate groups is 1. The molecule has 4 aliphatic heterocycles. The molecule has 10 nitrogen and oxygen atoms in total. The number of ether oxygens (including phenoxy) is 2. The molecule has 4 amide bonds. The number of carbonyl (C=O) groups excluding carboxylic acids is 3. The van der Waals surface area contributed by atoms with Gasteiger partial charge in [0.1, 0.15) is 5.41 Å². The van der Waals surface area contributed by atoms with Crippen molar-refractivity contribution in [2.24, 2.45) is 11.3 Å². The lowest BCUT2D eigenvalue weighted by atomic mass is 9.76. The van der Waals surface area contributed by atoms with E-state index in [9.17, 15) is 19.2 Å². The number of amides is 4. The first-order valence-corrected chi connectivity index (χ1v) is 11.4. The van der Waals surface area contributed by atoms with Crippen molar-refractivity contribution >= 4 is 17.8 Å². The van der Waals surface area contributed by atoms with E-state index < -0.39 is 23.3 Å². The van der Waals surface area contributed by atoms with Gasteiger partial charge in [0.15, 0.2) is 11.5 Å². The van der Waals surface area contributed by atoms with Crippen LogP contribution in [0.3, 0.4) is 0 Å². The van der Waals surface area contributed by atoms with Crippen molar-refractivity contribution in [1.82, 2.24) is 20.1 Å². The molecule has 2 aromatic rings. The van der Waals surface area contributed by atoms with E-state index in [0.717, 1.165) is 17.7 Å². The van der Waals surface area contributed by atoms with Gasteiger partial charge in [-0.2, -0.15) is 0 Å². The number of likely N-dealkylation sites (tertiary alicyclic amines) is 1. The summed E-state index contributed by atoms with van der Waals surface area (Å²) in [6.07, 6.45) is 1.07. The van der Waals surface area contributed by atoms with E-state index in [1.807, 2.05) is 10.6 Å². The van der Waals surface area contributed by atoms with Crippen LogP contribution in [0.5, 0.6) is 11.5 Å². The van der Waals surface area contributed by atoms with Crippen LogP contribution in [0.15, 0.2) is 41.2 Å². The number of pyridine rings is 1. The molecule has 34 heavy (non-hydrogen) atoms. The Bertz CT molecular complexity index is 1250. The minimum absolute atomic E-state index is 0.00415. The molecule has 2 N–H and O–H groups in total. The Hall–Kier alpha value is -3.66. The number of urea groups is 1. The number of benzene rings is 1. The summed E-state index contributed by atoms with van der Waals surface area (Å²) in [5.41, 5.74) is 0.248. The van der Waals surface area contributed by atoms with Gasteiger partial charge in [0.05, 0.1) is 0 Å². The highest BCUT2D eigenvalue weighted by Gasteiger charge is 2.52. The Labute approximate surface area is 194 Å². The number of piperidine rings is 1. The standard InChI is InChI=1S/C24H24N4O6/c29-20-3-1-2-17-16-6-15(10-28(17)20)9-27(11-16)12-24(21(30)25-23(32)26-22(24)31)8-14-4-5-18-19(7-14)34-13-33-18/h1-5,7,15-16H,6,8-13H2,(H2,25,26,30,31,32)/t15-,16-/m1/s1. The monoisotopic (exact) mass is 464 g/mol. The fraction of sp³-hybridized carbons (Fsp3) is 0.417. The van der Waals surface area contributed by atoms with Gasteiger partial charge < -0.3 is 18.9 Å². The van der Waals surface area contributed by atoms with Crippen LogP contribution in [0.25, 0.3) is 0 Å². The third-order valence-electron chi connectivity index (χ3n) is 7.32. The summed E-state index contributed by atoms with van der Waals surface area (Å²) in [5.74, 6) is 0.348. The summed E-state index contributed by atoms with van der Waals surface area (Å²) in [6, 6.07) is 9.87. The van der Waals surface area contributed by atoms with Gasteiger partial charge in [-0.05, 0) is 42.5 Å². The molecule has 2 atom stereocenters. The van der Waals surface area contributed by atoms with Gasteiger partial charge in [-0.1, -0.05) is 12.1 Å². The second kappa shape index (κ2) is 7.69. The van der Waals surface area contributed by atoms with E-state index in [2.05, 4.69) is 15.5 Å². The van der Waals surface area contributed by atoms with Gasteiger partial charge in [0.2, 0.25) is 18.6 Å². The van der Waals surface area contributed by atoms with Crippen molar-refractivity contribution in [2.45, 2.75) is 25.3 Å². The van der Waals surface area contributed by atoms with Gasteiger partial charge in [-0.3, -0.25) is 25.0 Å². The summed E-state index contributed by atoms with van der Waals surface area (Å²) in [6.45, 7) is 2.19. The molecule has 0 spiro atoms. The largest absolute Gasteiger partial charge is 0.454 e. The lowest BCUT2D eigenvalue weighted by Crippen LogP contribution is -2.67. The Morgan fingerprint density at radius 1 is 0.941 bits per heavy atom. The molecule has 4 aliphatic rings. The molecule has 6 rings (SSSR count). The molecule has 0 saturated carbocycles. The fourth-order valence-corrected chi connectivity index (χ4v) is 5.85. The smallest absolute Gasteiger partial charge is 0.328 e. The van der Waals surface area contributed by atoms with Crippen LogP contribution < -0.4 is 25.7 Å². The molecule has 0 aliphatic carbocycles. The lowest BCUT2D eigenvalue weighted by Gasteiger charge is -2.46. The third-order valence-corrected chi connectivity index (χ3v) is 7.32. The molecule has 10 heteroatoms. The number of imide groups is 2. The number of carbonyl (C=O) groups is 3. The molecule has 2 bridgehead atoms. The number of nitrogens with one attached hydrogen (secondary N) is 2. The highest BCUT2D eigenvalue weighted by atomic mass is 16.7. The molecule has 2 saturated heterocycles. The van der Waals surface area contributed by atoms with Crippen molar-refractivity contribution in [3.8, 4) is 11.5 Å². The number of aromatic nitrogens is 1. The Balaban J connectivity index is 1.31. The zero-order valence-electron chi connectivity index (χ0n) is 18.4. The normalized spacial score (nSPS) is 24.9. The lowest BCUT2D eigenvalue weighted by molar-refractivity contribution is -0.146. The molecule has 1 aromatic heterocycles. The quantitative estimate of drug-likeness (QED) is 0.636. The average Bonchev–Trinajstić information content (AvgIpc) is 3.26. The fourth-order valence-electron chi connectivity index (χ4n) is 5.85. The Kier molecular flexibility index (Phi) is 4.73. The van der Waals surface area contributed by atoms with Crippen molar-refractivity contribution < 1.29 is 23.9 Å². The van der Waals surface area contributed by atoms with E-state index in [1.54, 1.807) is 30.3 Å². The van der Waals surface area contributed by atoms with E-state index in [0.29, 0.717) is 31.1 Å². The van der Waals surface area contributed by atoms with Crippen molar-refractivity contribution in [3.63, 3.8) is 0 Å². The molecule has 2 fully saturated rings. The van der Waals surface area contributed by atoms with Crippen LogP contribution in [-0.4, -0.2) is 53.7 Å². The average molecular weight is 464 g/mol. The summed E-state index contributed by atoms with van der Waals surface area (Å²) >= 11 is 0. The first-order chi connectivity index (χ1) is 16.4. The summed E-state index contributed by atoms with van der Waals surface area (Å²) in [7, 11) is 0.